The molecule has 0 radical (unpaired) electrons. The van der Waals surface area contributed by atoms with Gasteiger partial charge in [0.2, 0.25) is 0 Å². The maximum atomic E-state index is 12.6. The normalized spacial score (nSPS) is 13.4. The van der Waals surface area contributed by atoms with Crippen LogP contribution < -0.4 is 19.8 Å². The van der Waals surface area contributed by atoms with E-state index in [0.29, 0.717) is 27.8 Å². The molecule has 0 unspecified atom stereocenters. The number of benzene rings is 2. The third-order valence-electron chi connectivity index (χ3n) is 4.13. The number of ether oxygens (including phenoxy) is 2. The topological polar surface area (TPSA) is 63.2 Å². The summed E-state index contributed by atoms with van der Waals surface area (Å²) in [7, 11) is 3.04. The predicted octanol–water partition coefficient (Wildman–Crippen LogP) is 4.20. The van der Waals surface area contributed by atoms with Crippen molar-refractivity contribution >= 4 is 34.6 Å². The van der Waals surface area contributed by atoms with Crippen molar-refractivity contribution in [3.05, 3.63) is 47.0 Å². The fourth-order valence-corrected chi connectivity index (χ4v) is 2.94. The molecule has 0 aromatic heterocycles. The number of hydrogen-bond acceptors (Lipinski definition) is 5. The Morgan fingerprint density at radius 1 is 1.15 bits per heavy atom. The Hall–Kier alpha value is -2.73. The maximum absolute atomic E-state index is 12.6. The number of carbonyl (C=O) groups is 1. The Labute approximate surface area is 157 Å². The molecule has 0 fully saturated rings. The number of hydrazone groups is 1. The second kappa shape index (κ2) is 7.66. The maximum Gasteiger partial charge on any atom is 0.255 e. The van der Waals surface area contributed by atoms with E-state index in [1.807, 2.05) is 24.1 Å². The van der Waals surface area contributed by atoms with Crippen LogP contribution in [0.5, 0.6) is 11.5 Å². The SMILES string of the molecule is COc1cc(OC)c(NC(=O)c2ccc(N3CCC(C)=N3)cc2)cc1Cl. The first-order valence-corrected chi connectivity index (χ1v) is 8.54. The zero-order chi connectivity index (χ0) is 18.7. The standard InChI is InChI=1S/C19H20ClN3O3/c1-12-8-9-23(22-12)14-6-4-13(5-7-14)19(24)21-16-10-15(20)17(25-2)11-18(16)26-3/h4-7,10-11H,8-9H2,1-3H3,(H,21,24). The summed E-state index contributed by atoms with van der Waals surface area (Å²) in [6, 6.07) is 10.5. The van der Waals surface area contributed by atoms with E-state index in [0.717, 1.165) is 24.4 Å². The van der Waals surface area contributed by atoms with Gasteiger partial charge in [-0.15, -0.1) is 0 Å². The molecule has 0 saturated heterocycles. The molecular formula is C19H20ClN3O3. The van der Waals surface area contributed by atoms with E-state index < -0.39 is 0 Å². The van der Waals surface area contributed by atoms with Crippen molar-refractivity contribution in [2.75, 3.05) is 31.1 Å². The molecule has 0 bridgehead atoms. The van der Waals surface area contributed by atoms with Gasteiger partial charge in [-0.05, 0) is 37.3 Å². The van der Waals surface area contributed by atoms with Crippen LogP contribution in [0.15, 0.2) is 41.5 Å². The molecule has 1 aliphatic heterocycles. The highest BCUT2D eigenvalue weighted by Gasteiger charge is 2.16. The number of rotatable bonds is 5. The van der Waals surface area contributed by atoms with Crippen LogP contribution in [0, 0.1) is 0 Å². The minimum atomic E-state index is -0.253. The molecule has 1 heterocycles. The Morgan fingerprint density at radius 2 is 1.85 bits per heavy atom. The van der Waals surface area contributed by atoms with Crippen molar-refractivity contribution in [1.29, 1.82) is 0 Å². The van der Waals surface area contributed by atoms with Gasteiger partial charge < -0.3 is 14.8 Å². The lowest BCUT2D eigenvalue weighted by Gasteiger charge is -2.15. The summed E-state index contributed by atoms with van der Waals surface area (Å²) < 4.78 is 10.5. The molecule has 6 nitrogen and oxygen atoms in total. The number of nitrogens with one attached hydrogen (secondary N) is 1. The third kappa shape index (κ3) is 3.75. The summed E-state index contributed by atoms with van der Waals surface area (Å²) in [6.45, 7) is 2.87. The monoisotopic (exact) mass is 373 g/mol. The van der Waals surface area contributed by atoms with Gasteiger partial charge in [0.25, 0.3) is 5.91 Å². The molecule has 3 rings (SSSR count). The molecule has 1 amide bonds. The molecule has 2 aromatic carbocycles. The van der Waals surface area contributed by atoms with Gasteiger partial charge in [-0.25, -0.2) is 0 Å². The van der Waals surface area contributed by atoms with E-state index in [1.54, 1.807) is 24.3 Å². The molecule has 26 heavy (non-hydrogen) atoms. The molecule has 0 aliphatic carbocycles. The van der Waals surface area contributed by atoms with Crippen molar-refractivity contribution in [2.45, 2.75) is 13.3 Å². The van der Waals surface area contributed by atoms with Crippen molar-refractivity contribution in [3.8, 4) is 11.5 Å². The smallest absolute Gasteiger partial charge is 0.255 e. The van der Waals surface area contributed by atoms with Gasteiger partial charge >= 0.3 is 0 Å². The van der Waals surface area contributed by atoms with E-state index in [1.165, 1.54) is 14.2 Å². The molecule has 0 saturated carbocycles. The van der Waals surface area contributed by atoms with Gasteiger partial charge in [-0.2, -0.15) is 5.10 Å². The van der Waals surface area contributed by atoms with Gasteiger partial charge in [-0.1, -0.05) is 11.6 Å². The summed E-state index contributed by atoms with van der Waals surface area (Å²) >= 11 is 6.14. The lowest BCUT2D eigenvalue weighted by atomic mass is 10.1. The average molecular weight is 374 g/mol. The molecule has 2 aromatic rings. The zero-order valence-corrected chi connectivity index (χ0v) is 15.6. The minimum absolute atomic E-state index is 0.253. The van der Waals surface area contributed by atoms with E-state index in [-0.39, 0.29) is 5.91 Å². The van der Waals surface area contributed by atoms with Crippen molar-refractivity contribution in [1.82, 2.24) is 0 Å². The summed E-state index contributed by atoms with van der Waals surface area (Å²) in [5.41, 5.74) is 3.08. The van der Waals surface area contributed by atoms with E-state index >= 15 is 0 Å². The highest BCUT2D eigenvalue weighted by Crippen LogP contribution is 2.36. The number of methoxy groups -OCH3 is 2. The van der Waals surface area contributed by atoms with Crippen molar-refractivity contribution < 1.29 is 14.3 Å². The van der Waals surface area contributed by atoms with Crippen molar-refractivity contribution in [2.24, 2.45) is 5.10 Å². The first-order valence-electron chi connectivity index (χ1n) is 8.16. The molecule has 0 atom stereocenters. The molecule has 136 valence electrons. The van der Waals surface area contributed by atoms with Crippen LogP contribution in [-0.2, 0) is 0 Å². The van der Waals surface area contributed by atoms with Gasteiger partial charge in [0.05, 0.1) is 30.6 Å². The Balaban J connectivity index is 1.77. The Kier molecular flexibility index (Phi) is 5.32. The van der Waals surface area contributed by atoms with Crippen LogP contribution in [-0.4, -0.2) is 32.4 Å². The highest BCUT2D eigenvalue weighted by molar-refractivity contribution is 6.32. The summed E-state index contributed by atoms with van der Waals surface area (Å²) in [4.78, 5) is 12.6. The summed E-state index contributed by atoms with van der Waals surface area (Å²) in [6.07, 6.45) is 0.959. The lowest BCUT2D eigenvalue weighted by molar-refractivity contribution is 0.102. The van der Waals surface area contributed by atoms with E-state index in [2.05, 4.69) is 10.4 Å². The highest BCUT2D eigenvalue weighted by atomic mass is 35.5. The predicted molar refractivity (Wildman–Crippen MR) is 104 cm³/mol. The van der Waals surface area contributed by atoms with Gasteiger partial charge in [0, 0.05) is 30.3 Å². The van der Waals surface area contributed by atoms with Crippen LogP contribution in [0.4, 0.5) is 11.4 Å². The number of anilines is 2. The Morgan fingerprint density at radius 3 is 2.42 bits per heavy atom. The van der Waals surface area contributed by atoms with Gasteiger partial charge in [0.15, 0.2) is 0 Å². The van der Waals surface area contributed by atoms with Crippen molar-refractivity contribution in [3.63, 3.8) is 0 Å². The summed E-state index contributed by atoms with van der Waals surface area (Å²) in [5.74, 6) is 0.697. The number of amides is 1. The van der Waals surface area contributed by atoms with Crippen LogP contribution in [0.1, 0.15) is 23.7 Å². The number of halogens is 1. The van der Waals surface area contributed by atoms with Crippen LogP contribution in [0.2, 0.25) is 5.02 Å². The lowest BCUT2D eigenvalue weighted by Crippen LogP contribution is -2.14. The Bertz CT molecular complexity index is 850. The second-order valence-electron chi connectivity index (χ2n) is 5.90. The number of hydrogen-bond donors (Lipinski definition) is 1. The van der Waals surface area contributed by atoms with Crippen LogP contribution in [0.25, 0.3) is 0 Å². The first-order chi connectivity index (χ1) is 12.5. The number of carbonyl (C=O) groups excluding carboxylic acids is 1. The van der Waals surface area contributed by atoms with Crippen LogP contribution >= 0.6 is 11.6 Å². The van der Waals surface area contributed by atoms with E-state index in [9.17, 15) is 4.79 Å². The zero-order valence-electron chi connectivity index (χ0n) is 14.9. The fourth-order valence-electron chi connectivity index (χ4n) is 2.70. The minimum Gasteiger partial charge on any atom is -0.495 e. The summed E-state index contributed by atoms with van der Waals surface area (Å²) in [5, 5.41) is 9.60. The number of nitrogens with zero attached hydrogens (tertiary/aromatic N) is 2. The first kappa shape index (κ1) is 18.1. The van der Waals surface area contributed by atoms with Gasteiger partial charge in [-0.3, -0.25) is 9.80 Å². The largest absolute Gasteiger partial charge is 0.495 e. The molecule has 1 N–H and O–H groups in total. The molecule has 1 aliphatic rings. The second-order valence-corrected chi connectivity index (χ2v) is 6.30. The van der Waals surface area contributed by atoms with Gasteiger partial charge in [0.1, 0.15) is 11.5 Å². The fraction of sp³-hybridized carbons (Fsp3) is 0.263. The van der Waals surface area contributed by atoms with E-state index in [4.69, 9.17) is 21.1 Å². The quantitative estimate of drug-likeness (QED) is 0.853. The third-order valence-corrected chi connectivity index (χ3v) is 4.42. The molecule has 7 heteroatoms. The average Bonchev–Trinajstić information content (AvgIpc) is 3.08. The van der Waals surface area contributed by atoms with Crippen LogP contribution in [0.3, 0.4) is 0 Å². The molecule has 0 spiro atoms. The molecular weight excluding hydrogens is 354 g/mol.